The number of ether oxygens (including phenoxy) is 1. The van der Waals surface area contributed by atoms with Crippen LogP contribution in [0.1, 0.15) is 226 Å². The average molecular weight is 902 g/mol. The lowest BCUT2D eigenvalue weighted by atomic mass is 10.0. The van der Waals surface area contributed by atoms with E-state index < -0.39 is 18.2 Å². The smallest absolute Gasteiger partial charge is 0.306 e. The van der Waals surface area contributed by atoms with Crippen LogP contribution in [0.5, 0.6) is 0 Å². The number of allylic oxidation sites excluding steroid dienone is 18. The van der Waals surface area contributed by atoms with Gasteiger partial charge in [0.2, 0.25) is 5.91 Å². The summed E-state index contributed by atoms with van der Waals surface area (Å²) in [4.78, 5) is 26.2. The van der Waals surface area contributed by atoms with Gasteiger partial charge in [0.1, 0.15) is 6.10 Å². The summed E-state index contributed by atoms with van der Waals surface area (Å²) >= 11 is 0. The Morgan fingerprint density at radius 3 is 1.28 bits per heavy atom. The Hall–Kier alpha value is -3.48. The highest BCUT2D eigenvalue weighted by Gasteiger charge is 2.24. The molecule has 3 unspecified atom stereocenters. The molecule has 0 rings (SSSR count). The van der Waals surface area contributed by atoms with Crippen molar-refractivity contribution < 1.29 is 24.5 Å². The standard InChI is InChI=1S/C59H99NO5/c1-4-7-10-13-16-19-22-25-27-29-30-33-35-38-41-44-47-50-55(65-59(64)52-49-46-43-40-37-34-31-28-26-23-20-17-14-11-8-5-2)53-58(63)60-56(54-61)57(62)51-48-45-42-39-36-32-24-21-18-15-12-9-6-3/h7-8,10-11,16-17,19-20,25-28,30,33-34,37-38,41,55-57,61-62H,4-6,9,12-15,18,21-24,29,31-32,35-36,39-40,42-54H2,1-3H3,(H,60,63)/b10-7-,11-8+,19-16-,20-17+,27-25-,28-26+,33-30-,37-34+,41-38-. The third-order valence-electron chi connectivity index (χ3n) is 11.3. The quantitative estimate of drug-likeness (QED) is 0.0321. The summed E-state index contributed by atoms with van der Waals surface area (Å²) < 4.78 is 5.90. The molecule has 6 heteroatoms. The molecule has 0 saturated heterocycles. The van der Waals surface area contributed by atoms with Gasteiger partial charge in [0.25, 0.3) is 0 Å². The molecule has 0 radical (unpaired) electrons. The SMILES string of the molecule is CC/C=C\C/C=C\C/C=C\C/C=C\C/C=C\CCCC(CC(=O)NC(CO)C(O)CCCCCCCCCCCCCCC)OC(=O)CCCCC/C=C/C/C=C/C/C=C/C/C=C/CC. The lowest BCUT2D eigenvalue weighted by molar-refractivity contribution is -0.151. The number of rotatable bonds is 46. The number of carbonyl (C=O) groups excluding carboxylic acids is 2. The lowest BCUT2D eigenvalue weighted by Gasteiger charge is -2.24. The Bertz CT molecular complexity index is 1330. The van der Waals surface area contributed by atoms with Crippen LogP contribution in [0.15, 0.2) is 109 Å². The minimum Gasteiger partial charge on any atom is -0.462 e. The van der Waals surface area contributed by atoms with Crippen LogP contribution in [0.3, 0.4) is 0 Å². The maximum Gasteiger partial charge on any atom is 0.306 e. The number of hydrogen-bond acceptors (Lipinski definition) is 5. The maximum atomic E-state index is 13.2. The molecule has 3 N–H and O–H groups in total. The van der Waals surface area contributed by atoms with E-state index in [0.29, 0.717) is 19.3 Å². The minimum absolute atomic E-state index is 0.0190. The molecule has 0 aliphatic carbocycles. The van der Waals surface area contributed by atoms with Gasteiger partial charge in [-0.25, -0.2) is 0 Å². The Labute approximate surface area is 400 Å². The largest absolute Gasteiger partial charge is 0.462 e. The molecule has 0 bridgehead atoms. The van der Waals surface area contributed by atoms with E-state index in [-0.39, 0.29) is 24.9 Å². The van der Waals surface area contributed by atoms with Gasteiger partial charge in [-0.1, -0.05) is 220 Å². The first-order valence-electron chi connectivity index (χ1n) is 26.6. The van der Waals surface area contributed by atoms with E-state index >= 15 is 0 Å². The van der Waals surface area contributed by atoms with Gasteiger partial charge < -0.3 is 20.3 Å². The third kappa shape index (κ3) is 46.8. The highest BCUT2D eigenvalue weighted by molar-refractivity contribution is 5.77. The zero-order valence-electron chi connectivity index (χ0n) is 42.1. The Kier molecular flexibility index (Phi) is 48.7. The number of unbranched alkanes of at least 4 members (excludes halogenated alkanes) is 16. The van der Waals surface area contributed by atoms with Crippen LogP contribution in [-0.4, -0.2) is 46.9 Å². The van der Waals surface area contributed by atoms with Gasteiger partial charge in [-0.2, -0.15) is 0 Å². The number of hydrogen-bond donors (Lipinski definition) is 3. The Balaban J connectivity index is 4.77. The summed E-state index contributed by atoms with van der Waals surface area (Å²) in [6, 6.07) is -0.734. The molecule has 0 spiro atoms. The van der Waals surface area contributed by atoms with Gasteiger partial charge >= 0.3 is 5.97 Å². The molecule has 0 aromatic rings. The molecule has 0 aromatic carbocycles. The summed E-state index contributed by atoms with van der Waals surface area (Å²) in [5.41, 5.74) is 0. The molecular weight excluding hydrogens is 803 g/mol. The fourth-order valence-corrected chi connectivity index (χ4v) is 7.39. The van der Waals surface area contributed by atoms with Gasteiger partial charge in [0.15, 0.2) is 0 Å². The van der Waals surface area contributed by atoms with E-state index in [1.165, 1.54) is 64.2 Å². The topological polar surface area (TPSA) is 95.9 Å². The fourth-order valence-electron chi connectivity index (χ4n) is 7.39. The molecule has 0 aliphatic rings. The highest BCUT2D eigenvalue weighted by Crippen LogP contribution is 2.16. The molecular formula is C59H99NO5. The van der Waals surface area contributed by atoms with Crippen LogP contribution < -0.4 is 5.32 Å². The van der Waals surface area contributed by atoms with Gasteiger partial charge in [-0.05, 0) is 103 Å². The van der Waals surface area contributed by atoms with Gasteiger partial charge in [-0.15, -0.1) is 0 Å². The second-order valence-electron chi connectivity index (χ2n) is 17.5. The van der Waals surface area contributed by atoms with Gasteiger partial charge in [-0.3, -0.25) is 9.59 Å². The number of aliphatic hydroxyl groups excluding tert-OH is 2. The summed E-state index contributed by atoms with van der Waals surface area (Å²) in [6.07, 6.45) is 70.1. The first kappa shape index (κ1) is 61.5. The second kappa shape index (κ2) is 51.5. The molecule has 1 amide bonds. The van der Waals surface area contributed by atoms with Crippen molar-refractivity contribution >= 4 is 11.9 Å². The van der Waals surface area contributed by atoms with Crippen molar-refractivity contribution in [3.05, 3.63) is 109 Å². The van der Waals surface area contributed by atoms with Crippen molar-refractivity contribution in [3.63, 3.8) is 0 Å². The Morgan fingerprint density at radius 2 is 0.846 bits per heavy atom. The number of aliphatic hydroxyl groups is 2. The molecule has 6 nitrogen and oxygen atoms in total. The van der Waals surface area contributed by atoms with Crippen molar-refractivity contribution in [3.8, 4) is 0 Å². The normalized spacial score (nSPS) is 14.1. The summed E-state index contributed by atoms with van der Waals surface area (Å²) in [7, 11) is 0. The highest BCUT2D eigenvalue weighted by atomic mass is 16.5. The molecule has 370 valence electrons. The predicted octanol–water partition coefficient (Wildman–Crippen LogP) is 16.3. The molecule has 0 heterocycles. The first-order valence-corrected chi connectivity index (χ1v) is 26.6. The van der Waals surface area contributed by atoms with Crippen molar-refractivity contribution in [2.75, 3.05) is 6.61 Å². The number of carbonyl (C=O) groups is 2. The molecule has 3 atom stereocenters. The first-order chi connectivity index (χ1) is 32.0. The van der Waals surface area contributed by atoms with Gasteiger partial charge in [0.05, 0.1) is 25.2 Å². The van der Waals surface area contributed by atoms with Crippen molar-refractivity contribution in [2.24, 2.45) is 0 Å². The van der Waals surface area contributed by atoms with E-state index in [1.807, 2.05) is 0 Å². The van der Waals surface area contributed by atoms with Crippen LogP contribution >= 0.6 is 0 Å². The van der Waals surface area contributed by atoms with E-state index in [0.717, 1.165) is 116 Å². The van der Waals surface area contributed by atoms with Crippen molar-refractivity contribution in [2.45, 2.75) is 244 Å². The molecule has 0 aliphatic heterocycles. The van der Waals surface area contributed by atoms with E-state index in [2.05, 4.69) is 135 Å². The number of amides is 1. The van der Waals surface area contributed by atoms with Crippen molar-refractivity contribution in [1.82, 2.24) is 5.32 Å². The lowest BCUT2D eigenvalue weighted by Crippen LogP contribution is -2.46. The second-order valence-corrected chi connectivity index (χ2v) is 17.5. The predicted molar refractivity (Wildman–Crippen MR) is 282 cm³/mol. The third-order valence-corrected chi connectivity index (χ3v) is 11.3. The van der Waals surface area contributed by atoms with Crippen LogP contribution in [0.25, 0.3) is 0 Å². The van der Waals surface area contributed by atoms with Crippen molar-refractivity contribution in [1.29, 1.82) is 0 Å². The molecule has 65 heavy (non-hydrogen) atoms. The fraction of sp³-hybridized carbons (Fsp3) is 0.661. The van der Waals surface area contributed by atoms with Crippen LogP contribution in [0.4, 0.5) is 0 Å². The molecule has 0 aromatic heterocycles. The zero-order chi connectivity index (χ0) is 47.4. The van der Waals surface area contributed by atoms with Crippen LogP contribution in [-0.2, 0) is 14.3 Å². The van der Waals surface area contributed by atoms with Crippen LogP contribution in [0, 0.1) is 0 Å². The minimum atomic E-state index is -0.815. The summed E-state index contributed by atoms with van der Waals surface area (Å²) in [6.45, 7) is 6.23. The molecule has 0 fully saturated rings. The monoisotopic (exact) mass is 902 g/mol. The maximum absolute atomic E-state index is 13.2. The van der Waals surface area contributed by atoms with E-state index in [1.54, 1.807) is 0 Å². The zero-order valence-corrected chi connectivity index (χ0v) is 42.1. The van der Waals surface area contributed by atoms with Crippen LogP contribution in [0.2, 0.25) is 0 Å². The average Bonchev–Trinajstić information content (AvgIpc) is 3.30. The molecule has 0 saturated carbocycles. The summed E-state index contributed by atoms with van der Waals surface area (Å²) in [5.74, 6) is -0.575. The van der Waals surface area contributed by atoms with E-state index in [4.69, 9.17) is 4.74 Å². The summed E-state index contributed by atoms with van der Waals surface area (Å²) in [5, 5.41) is 23.8. The number of nitrogens with one attached hydrogen (secondary N) is 1. The number of esters is 1. The Morgan fingerprint density at radius 1 is 0.462 bits per heavy atom. The van der Waals surface area contributed by atoms with Gasteiger partial charge in [0, 0.05) is 6.42 Å². The van der Waals surface area contributed by atoms with E-state index in [9.17, 15) is 19.8 Å².